The van der Waals surface area contributed by atoms with Crippen molar-refractivity contribution < 1.29 is 9.47 Å². The molecular formula is C14H25NO2. The van der Waals surface area contributed by atoms with Gasteiger partial charge in [0, 0.05) is 6.61 Å². The van der Waals surface area contributed by atoms with Crippen LogP contribution in [0.15, 0.2) is 11.8 Å². The van der Waals surface area contributed by atoms with E-state index in [1.807, 2.05) is 0 Å². The highest BCUT2D eigenvalue weighted by molar-refractivity contribution is 5.09. The second kappa shape index (κ2) is 7.02. The summed E-state index contributed by atoms with van der Waals surface area (Å²) in [5.41, 5.74) is 0. The average Bonchev–Trinajstić information content (AvgIpc) is 2.42. The van der Waals surface area contributed by atoms with E-state index in [9.17, 15) is 0 Å². The number of nitrogens with one attached hydrogen (secondary N) is 1. The minimum Gasteiger partial charge on any atom is -0.496 e. The molecule has 1 saturated heterocycles. The Hall–Kier alpha value is -0.540. The van der Waals surface area contributed by atoms with E-state index in [2.05, 4.69) is 18.3 Å². The van der Waals surface area contributed by atoms with Crippen LogP contribution in [0.5, 0.6) is 0 Å². The fourth-order valence-electron chi connectivity index (χ4n) is 2.54. The number of hydrogen-bond acceptors (Lipinski definition) is 3. The lowest BCUT2D eigenvalue weighted by Gasteiger charge is -2.33. The van der Waals surface area contributed by atoms with Crippen LogP contribution in [0.3, 0.4) is 0 Å². The predicted octanol–water partition coefficient (Wildman–Crippen LogP) is 2.62. The molecule has 3 nitrogen and oxygen atoms in total. The molecule has 2 heterocycles. The van der Waals surface area contributed by atoms with Gasteiger partial charge in [-0.25, -0.2) is 0 Å². The van der Waals surface area contributed by atoms with Crippen molar-refractivity contribution >= 4 is 0 Å². The van der Waals surface area contributed by atoms with Crippen molar-refractivity contribution in [2.45, 2.75) is 57.6 Å². The highest BCUT2D eigenvalue weighted by Gasteiger charge is 2.28. The summed E-state index contributed by atoms with van der Waals surface area (Å²) < 4.78 is 11.7. The van der Waals surface area contributed by atoms with Crippen LogP contribution < -0.4 is 5.32 Å². The van der Waals surface area contributed by atoms with E-state index in [0.717, 1.165) is 51.2 Å². The van der Waals surface area contributed by atoms with Crippen LogP contribution in [-0.2, 0) is 9.47 Å². The smallest absolute Gasteiger partial charge is 0.112 e. The monoisotopic (exact) mass is 239 g/mol. The van der Waals surface area contributed by atoms with Gasteiger partial charge in [-0.05, 0) is 51.1 Å². The van der Waals surface area contributed by atoms with Gasteiger partial charge in [0.25, 0.3) is 0 Å². The molecule has 0 saturated carbocycles. The summed E-state index contributed by atoms with van der Waals surface area (Å²) in [5.74, 6) is 1.12. The van der Waals surface area contributed by atoms with Crippen LogP contribution >= 0.6 is 0 Å². The van der Waals surface area contributed by atoms with Gasteiger partial charge in [0.2, 0.25) is 0 Å². The van der Waals surface area contributed by atoms with Crippen LogP contribution in [0.2, 0.25) is 0 Å². The molecule has 0 aromatic carbocycles. The van der Waals surface area contributed by atoms with Crippen molar-refractivity contribution in [1.29, 1.82) is 0 Å². The van der Waals surface area contributed by atoms with Gasteiger partial charge in [0.1, 0.15) is 5.76 Å². The topological polar surface area (TPSA) is 30.5 Å². The van der Waals surface area contributed by atoms with E-state index in [1.165, 1.54) is 12.8 Å². The number of allylic oxidation sites excluding steroid dienone is 1. The van der Waals surface area contributed by atoms with Crippen LogP contribution in [0.4, 0.5) is 0 Å². The van der Waals surface area contributed by atoms with Crippen molar-refractivity contribution in [1.82, 2.24) is 5.32 Å². The largest absolute Gasteiger partial charge is 0.496 e. The van der Waals surface area contributed by atoms with Gasteiger partial charge < -0.3 is 14.8 Å². The van der Waals surface area contributed by atoms with Gasteiger partial charge >= 0.3 is 0 Å². The molecule has 0 radical (unpaired) electrons. The molecular weight excluding hydrogens is 214 g/mol. The summed E-state index contributed by atoms with van der Waals surface area (Å²) in [4.78, 5) is 0. The molecule has 2 atom stereocenters. The number of rotatable bonds is 5. The fraction of sp³-hybridized carbons (Fsp3) is 0.857. The van der Waals surface area contributed by atoms with Crippen molar-refractivity contribution in [3.8, 4) is 0 Å². The fourth-order valence-corrected chi connectivity index (χ4v) is 2.54. The molecule has 2 aliphatic rings. The normalized spacial score (nSPS) is 27.1. The molecule has 2 rings (SSSR count). The SMILES string of the molecule is CCCNC(C1=CCCCO1)C1CCCCO1. The lowest BCUT2D eigenvalue weighted by molar-refractivity contribution is -0.0140. The summed E-state index contributed by atoms with van der Waals surface area (Å²) in [6, 6.07) is 0.274. The number of ether oxygens (including phenoxy) is 2. The van der Waals surface area contributed by atoms with E-state index in [-0.39, 0.29) is 6.04 Å². The lowest BCUT2D eigenvalue weighted by atomic mass is 9.99. The standard InChI is InChI=1S/C14H25NO2/c1-2-9-15-14(12-7-3-5-10-16-12)13-8-4-6-11-17-13/h7,13-15H,2-6,8-11H2,1H3. The Balaban J connectivity index is 1.97. The van der Waals surface area contributed by atoms with E-state index in [0.29, 0.717) is 6.10 Å². The molecule has 0 bridgehead atoms. The average molecular weight is 239 g/mol. The maximum Gasteiger partial charge on any atom is 0.112 e. The van der Waals surface area contributed by atoms with Crippen LogP contribution in [0, 0.1) is 0 Å². The van der Waals surface area contributed by atoms with Gasteiger partial charge in [-0.2, -0.15) is 0 Å². The highest BCUT2D eigenvalue weighted by Crippen LogP contribution is 2.23. The minimum atomic E-state index is 0.274. The first-order chi connectivity index (χ1) is 8.42. The third-order valence-electron chi connectivity index (χ3n) is 3.47. The molecule has 0 amide bonds. The molecule has 17 heavy (non-hydrogen) atoms. The first-order valence-corrected chi connectivity index (χ1v) is 7.09. The molecule has 0 aliphatic carbocycles. The Morgan fingerprint density at radius 1 is 1.35 bits per heavy atom. The van der Waals surface area contributed by atoms with Crippen molar-refractivity contribution in [2.75, 3.05) is 19.8 Å². The predicted molar refractivity (Wildman–Crippen MR) is 68.9 cm³/mol. The van der Waals surface area contributed by atoms with Crippen molar-refractivity contribution in [2.24, 2.45) is 0 Å². The summed E-state index contributed by atoms with van der Waals surface area (Å²) in [7, 11) is 0. The van der Waals surface area contributed by atoms with E-state index >= 15 is 0 Å². The summed E-state index contributed by atoms with van der Waals surface area (Å²) in [6.07, 6.45) is 9.63. The Labute approximate surface area is 105 Å². The first kappa shape index (κ1) is 12.9. The van der Waals surface area contributed by atoms with Crippen molar-refractivity contribution in [3.05, 3.63) is 11.8 Å². The lowest BCUT2D eigenvalue weighted by Crippen LogP contribution is -2.45. The second-order valence-electron chi connectivity index (χ2n) is 4.93. The molecule has 98 valence electrons. The first-order valence-electron chi connectivity index (χ1n) is 7.09. The molecule has 0 spiro atoms. The second-order valence-corrected chi connectivity index (χ2v) is 4.93. The quantitative estimate of drug-likeness (QED) is 0.800. The van der Waals surface area contributed by atoms with Gasteiger partial charge in [0.15, 0.2) is 0 Å². The molecule has 3 heteroatoms. The Morgan fingerprint density at radius 2 is 2.29 bits per heavy atom. The van der Waals surface area contributed by atoms with E-state index in [1.54, 1.807) is 0 Å². The zero-order valence-electron chi connectivity index (χ0n) is 10.9. The summed E-state index contributed by atoms with van der Waals surface area (Å²) in [5, 5.41) is 3.59. The maximum atomic E-state index is 5.91. The molecule has 2 aliphatic heterocycles. The Morgan fingerprint density at radius 3 is 2.94 bits per heavy atom. The van der Waals surface area contributed by atoms with Crippen LogP contribution in [0.25, 0.3) is 0 Å². The molecule has 0 aromatic rings. The third kappa shape index (κ3) is 3.71. The van der Waals surface area contributed by atoms with Crippen LogP contribution in [-0.4, -0.2) is 31.9 Å². The zero-order chi connectivity index (χ0) is 11.9. The highest BCUT2D eigenvalue weighted by atomic mass is 16.5. The number of hydrogen-bond donors (Lipinski definition) is 1. The molecule has 1 N–H and O–H groups in total. The van der Waals surface area contributed by atoms with Crippen LogP contribution in [0.1, 0.15) is 45.4 Å². The van der Waals surface area contributed by atoms with E-state index in [4.69, 9.17) is 9.47 Å². The summed E-state index contributed by atoms with van der Waals surface area (Å²) in [6.45, 7) is 5.00. The third-order valence-corrected chi connectivity index (χ3v) is 3.47. The Kier molecular flexibility index (Phi) is 5.33. The molecule has 2 unspecified atom stereocenters. The van der Waals surface area contributed by atoms with Gasteiger partial charge in [-0.15, -0.1) is 0 Å². The van der Waals surface area contributed by atoms with Gasteiger partial charge in [0.05, 0.1) is 18.8 Å². The Bertz CT molecular complexity index is 247. The molecule has 1 fully saturated rings. The maximum absolute atomic E-state index is 5.91. The van der Waals surface area contributed by atoms with Gasteiger partial charge in [-0.1, -0.05) is 6.92 Å². The van der Waals surface area contributed by atoms with Gasteiger partial charge in [-0.3, -0.25) is 0 Å². The minimum absolute atomic E-state index is 0.274. The summed E-state index contributed by atoms with van der Waals surface area (Å²) >= 11 is 0. The zero-order valence-corrected chi connectivity index (χ0v) is 10.9. The molecule has 0 aromatic heterocycles. The van der Waals surface area contributed by atoms with Crippen molar-refractivity contribution in [3.63, 3.8) is 0 Å². The van der Waals surface area contributed by atoms with E-state index < -0.39 is 0 Å².